The SMILES string of the molecule is CCOC(=O)N1CCC(=C2c3ccc(Cl)cc3CCc3cccnc32)CC1.CN1[C@@H](C[C@@H](O)c2ccccc2)CCC[C@H]1C[C@H](O)c1ccccc1.O=c1oc2ccccc2c(O)c1Cc1c(O)c2ccccc2oc1=O. The molecule has 1 amide bonds. The van der Waals surface area contributed by atoms with E-state index in [1.165, 1.54) is 27.8 Å². The number of benzene rings is 5. The number of aromatic hydroxyl groups is 2. The highest BCUT2D eigenvalue weighted by Crippen LogP contribution is 2.39. The normalized spacial score (nSPS) is 17.2. The third-order valence-corrected chi connectivity index (χ3v) is 15.3. The van der Waals surface area contributed by atoms with Crippen LogP contribution in [0.4, 0.5) is 4.79 Å². The fourth-order valence-electron chi connectivity index (χ4n) is 10.9. The van der Waals surface area contributed by atoms with Crippen molar-refractivity contribution >= 4 is 45.2 Å². The Balaban J connectivity index is 0.000000141. The molecule has 0 spiro atoms. The van der Waals surface area contributed by atoms with Crippen LogP contribution in [-0.4, -0.2) is 80.1 Å². The van der Waals surface area contributed by atoms with E-state index in [0.717, 1.165) is 79.6 Å². The largest absolute Gasteiger partial charge is 0.507 e. The number of hydrogen-bond acceptors (Lipinski definition) is 12. The van der Waals surface area contributed by atoms with Crippen molar-refractivity contribution in [2.45, 2.75) is 95.4 Å². The zero-order valence-electron chi connectivity index (χ0n) is 43.3. The van der Waals surface area contributed by atoms with Crippen LogP contribution in [0.1, 0.15) is 109 Å². The second-order valence-corrected chi connectivity index (χ2v) is 20.2. The molecule has 0 saturated carbocycles. The van der Waals surface area contributed by atoms with Crippen molar-refractivity contribution in [3.05, 3.63) is 222 Å². The first-order valence-corrected chi connectivity index (χ1v) is 26.8. The van der Waals surface area contributed by atoms with Gasteiger partial charge in [-0.3, -0.25) is 4.98 Å². The monoisotopic (exact) mass is 1060 g/mol. The molecule has 398 valence electrons. The molecule has 0 radical (unpaired) electrons. The van der Waals surface area contributed by atoms with Gasteiger partial charge in [0.05, 0.1) is 46.4 Å². The maximum absolute atomic E-state index is 12.2. The van der Waals surface area contributed by atoms with Crippen molar-refractivity contribution in [3.8, 4) is 11.5 Å². The molecule has 0 unspecified atom stereocenters. The summed E-state index contributed by atoms with van der Waals surface area (Å²) in [5, 5.41) is 43.4. The first kappa shape index (κ1) is 54.2. The smallest absolute Gasteiger partial charge is 0.409 e. The van der Waals surface area contributed by atoms with Crippen LogP contribution < -0.4 is 11.3 Å². The molecular formula is C63H64ClN3O10. The van der Waals surface area contributed by atoms with Gasteiger partial charge in [-0.05, 0) is 136 Å². The molecule has 77 heavy (non-hydrogen) atoms. The molecular weight excluding hydrogens is 994 g/mol. The fraction of sp³-hybridized carbons (Fsp3) is 0.302. The van der Waals surface area contributed by atoms with Crippen LogP contribution in [0, 0.1) is 0 Å². The molecule has 5 aromatic carbocycles. The van der Waals surface area contributed by atoms with Gasteiger partial charge in [0.2, 0.25) is 0 Å². The highest BCUT2D eigenvalue weighted by Gasteiger charge is 2.32. The van der Waals surface area contributed by atoms with Crippen molar-refractivity contribution in [1.29, 1.82) is 0 Å². The Morgan fingerprint density at radius 2 is 1.21 bits per heavy atom. The fourth-order valence-corrected chi connectivity index (χ4v) is 11.1. The van der Waals surface area contributed by atoms with E-state index < -0.39 is 23.5 Å². The maximum atomic E-state index is 12.2. The summed E-state index contributed by atoms with van der Waals surface area (Å²) in [5.74, 6) is -0.558. The lowest BCUT2D eigenvalue weighted by atomic mass is 9.88. The Morgan fingerprint density at radius 3 is 1.75 bits per heavy atom. The van der Waals surface area contributed by atoms with Crippen LogP contribution in [-0.2, 0) is 24.0 Å². The molecule has 14 heteroatoms. The first-order chi connectivity index (χ1) is 37.4. The minimum atomic E-state index is -0.775. The van der Waals surface area contributed by atoms with Crippen molar-refractivity contribution < 1.29 is 38.8 Å². The van der Waals surface area contributed by atoms with Crippen molar-refractivity contribution in [2.24, 2.45) is 0 Å². The highest BCUT2D eigenvalue weighted by molar-refractivity contribution is 6.30. The molecule has 2 aliphatic heterocycles. The number of aliphatic hydroxyl groups excluding tert-OH is 2. The summed E-state index contributed by atoms with van der Waals surface area (Å²) in [6, 6.07) is 43.9. The Labute approximate surface area is 452 Å². The van der Waals surface area contributed by atoms with Crippen LogP contribution in [0.25, 0.3) is 27.5 Å². The number of carbonyl (C=O) groups excluding carboxylic acids is 1. The van der Waals surface area contributed by atoms with Gasteiger partial charge in [-0.25, -0.2) is 14.4 Å². The molecule has 3 aromatic heterocycles. The lowest BCUT2D eigenvalue weighted by molar-refractivity contribution is 0.0350. The van der Waals surface area contributed by atoms with E-state index in [0.29, 0.717) is 42.6 Å². The third kappa shape index (κ3) is 12.7. The van der Waals surface area contributed by atoms with Gasteiger partial charge >= 0.3 is 17.3 Å². The topological polar surface area (TPSA) is 187 Å². The van der Waals surface area contributed by atoms with Gasteiger partial charge in [0.25, 0.3) is 0 Å². The number of ether oxygens (including phenoxy) is 1. The summed E-state index contributed by atoms with van der Waals surface area (Å²) in [5.41, 5.74) is 8.14. The molecule has 4 N–H and O–H groups in total. The lowest BCUT2D eigenvalue weighted by Crippen LogP contribution is -2.45. The van der Waals surface area contributed by atoms with Crippen LogP contribution in [0.3, 0.4) is 0 Å². The number of fused-ring (bicyclic) bond motifs is 4. The number of aryl methyl sites for hydroxylation is 2. The summed E-state index contributed by atoms with van der Waals surface area (Å²) in [6.45, 7) is 3.62. The van der Waals surface area contributed by atoms with E-state index in [2.05, 4.69) is 30.1 Å². The molecule has 2 saturated heterocycles. The molecule has 0 bridgehead atoms. The second-order valence-electron chi connectivity index (χ2n) is 19.8. The second kappa shape index (κ2) is 25.1. The number of rotatable bonds is 9. The Bertz CT molecular complexity index is 3330. The number of carbonyl (C=O) groups is 1. The maximum Gasteiger partial charge on any atom is 0.409 e. The minimum Gasteiger partial charge on any atom is -0.507 e. The summed E-state index contributed by atoms with van der Waals surface area (Å²) >= 11 is 6.27. The Morgan fingerprint density at radius 1 is 0.688 bits per heavy atom. The van der Waals surface area contributed by atoms with E-state index in [1.807, 2.05) is 85.9 Å². The number of amides is 1. The number of aromatic nitrogens is 1. The quantitative estimate of drug-likeness (QED) is 0.100. The number of likely N-dealkylation sites (tertiary alicyclic amines) is 2. The van der Waals surface area contributed by atoms with Crippen LogP contribution in [0.15, 0.2) is 170 Å². The van der Waals surface area contributed by atoms with E-state index in [1.54, 1.807) is 53.4 Å². The van der Waals surface area contributed by atoms with Crippen molar-refractivity contribution in [3.63, 3.8) is 0 Å². The van der Waals surface area contributed by atoms with Gasteiger partial charge in [0, 0.05) is 48.4 Å². The van der Waals surface area contributed by atoms with Gasteiger partial charge in [0.15, 0.2) is 0 Å². The van der Waals surface area contributed by atoms with Gasteiger partial charge in [-0.15, -0.1) is 0 Å². The number of para-hydroxylation sites is 2. The van der Waals surface area contributed by atoms with E-state index in [9.17, 15) is 34.8 Å². The number of hydrogen-bond donors (Lipinski definition) is 4. The van der Waals surface area contributed by atoms with E-state index in [-0.39, 0.29) is 46.3 Å². The van der Waals surface area contributed by atoms with E-state index in [4.69, 9.17) is 30.2 Å². The molecule has 2 fully saturated rings. The first-order valence-electron chi connectivity index (χ1n) is 26.4. The third-order valence-electron chi connectivity index (χ3n) is 15.1. The predicted octanol–water partition coefficient (Wildman–Crippen LogP) is 11.9. The summed E-state index contributed by atoms with van der Waals surface area (Å²) in [7, 11) is 2.14. The molecule has 3 aliphatic rings. The predicted molar refractivity (Wildman–Crippen MR) is 299 cm³/mol. The Hall–Kier alpha value is -7.55. The van der Waals surface area contributed by atoms with Crippen LogP contribution in [0.2, 0.25) is 5.02 Å². The molecule has 4 atom stereocenters. The number of halogens is 1. The molecule has 1 aliphatic carbocycles. The summed E-state index contributed by atoms with van der Waals surface area (Å²) in [6.07, 6.45) is 8.97. The molecule has 13 nitrogen and oxygen atoms in total. The zero-order chi connectivity index (χ0) is 54.0. The molecule has 8 aromatic rings. The number of nitrogens with zero attached hydrogens (tertiary/aromatic N) is 3. The summed E-state index contributed by atoms with van der Waals surface area (Å²) in [4.78, 5) is 45.4. The van der Waals surface area contributed by atoms with Crippen molar-refractivity contribution in [1.82, 2.24) is 14.8 Å². The standard InChI is InChI=1S/C22H23ClN2O2.C22H29NO2.C19H12O6/c1-2-27-22(26)25-12-9-15(10-13-25)20-19-8-7-18(23)14-17(19)6-5-16-4-3-11-24-21(16)20;1-23-19(15-21(24)17-9-4-2-5-10-17)13-8-14-20(23)16-22(25)18-11-6-3-7-12-18;20-16-10-5-1-3-7-14(10)24-18(22)12(16)9-13-17(21)11-6-2-4-8-15(11)25-19(13)23/h3-4,7-8,11,14H,2,5-6,9-10,12-13H2,1H3;2-7,9-12,19-22,24-25H,8,13-16H2,1H3;1-8,20-21H,9H2/t;19-,20+,21-,22+;. The van der Waals surface area contributed by atoms with Crippen LogP contribution in [0.5, 0.6) is 11.5 Å². The number of aliphatic hydroxyl groups is 2. The summed E-state index contributed by atoms with van der Waals surface area (Å²) < 4.78 is 15.5. The molecule has 11 rings (SSSR count). The number of piperidine rings is 2. The average Bonchev–Trinajstić information content (AvgIpc) is 3.61. The number of pyridine rings is 1. The van der Waals surface area contributed by atoms with Crippen molar-refractivity contribution in [2.75, 3.05) is 26.7 Å². The van der Waals surface area contributed by atoms with E-state index >= 15 is 0 Å². The zero-order valence-corrected chi connectivity index (χ0v) is 44.1. The van der Waals surface area contributed by atoms with Gasteiger partial charge < -0.3 is 43.8 Å². The van der Waals surface area contributed by atoms with Gasteiger partial charge in [0.1, 0.15) is 22.7 Å². The minimum absolute atomic E-state index is 0.114. The lowest BCUT2D eigenvalue weighted by Gasteiger charge is -2.41. The highest BCUT2D eigenvalue weighted by atomic mass is 35.5. The van der Waals surface area contributed by atoms with Crippen LogP contribution >= 0.6 is 11.6 Å². The average molecular weight is 1060 g/mol. The van der Waals surface area contributed by atoms with Gasteiger partial charge in [-0.1, -0.05) is 121 Å². The van der Waals surface area contributed by atoms with Gasteiger partial charge in [-0.2, -0.15) is 0 Å². The molecule has 5 heterocycles. The Kier molecular flexibility index (Phi) is 17.7.